The molecule has 4 rings (SSSR count). The largest absolute Gasteiger partial charge is 0.494 e. The molecule has 2 heterocycles. The third-order valence-electron chi connectivity index (χ3n) is 9.49. The summed E-state index contributed by atoms with van der Waals surface area (Å²) >= 11 is 12.6. The molecular formula is C38H53Cl2N3O6. The number of amides is 1. The Bertz CT molecular complexity index is 1430. The molecule has 2 aromatic carbocycles. The number of unbranched alkanes of at least 4 members (excludes halogenated alkanes) is 3. The summed E-state index contributed by atoms with van der Waals surface area (Å²) in [6.45, 7) is 13.4. The quantitative estimate of drug-likeness (QED) is 0.122. The van der Waals surface area contributed by atoms with Gasteiger partial charge in [-0.3, -0.25) is 19.4 Å². The number of nitrogens with zero attached hydrogens (tertiary/aromatic N) is 3. The number of carboxylic acid groups (broad SMARTS) is 1. The number of ether oxygens (including phenoxy) is 2. The van der Waals surface area contributed by atoms with E-state index in [0.717, 1.165) is 87.4 Å². The van der Waals surface area contributed by atoms with Crippen LogP contribution in [0.15, 0.2) is 36.4 Å². The lowest BCUT2D eigenvalue weighted by molar-refractivity contribution is -0.166. The van der Waals surface area contributed by atoms with Crippen LogP contribution in [-0.2, 0) is 25.5 Å². The van der Waals surface area contributed by atoms with E-state index in [0.29, 0.717) is 40.4 Å². The van der Waals surface area contributed by atoms with E-state index < -0.39 is 24.1 Å². The van der Waals surface area contributed by atoms with Crippen molar-refractivity contribution in [2.45, 2.75) is 98.1 Å². The fourth-order valence-corrected chi connectivity index (χ4v) is 7.45. The fraction of sp³-hybridized carbons (Fsp3) is 0.605. The zero-order chi connectivity index (χ0) is 35.6. The molecule has 2 aliphatic heterocycles. The number of benzene rings is 2. The van der Waals surface area contributed by atoms with Crippen LogP contribution in [0.5, 0.6) is 5.75 Å². The fourth-order valence-electron chi connectivity index (χ4n) is 7.03. The summed E-state index contributed by atoms with van der Waals surface area (Å²) in [7, 11) is 0. The number of anilines is 2. The Labute approximate surface area is 301 Å². The summed E-state index contributed by atoms with van der Waals surface area (Å²) in [6.07, 6.45) is 6.14. The molecule has 2 atom stereocenters. The number of aryl methyl sites for hydroxylation is 1. The molecule has 2 unspecified atom stereocenters. The van der Waals surface area contributed by atoms with E-state index in [2.05, 4.69) is 23.6 Å². The Morgan fingerprint density at radius 1 is 0.980 bits per heavy atom. The standard InChI is InChI=1S/C38H53Cl2N3O6/c1-5-6-7-11-27(2)25-38(3,4)26-34(45)49-36(37(46)47)43-32-24-29(16-14-28(32)15-17-33(43)44)48-23-9-8-18-41-19-21-42(22-20-41)31-13-10-12-30(39)35(31)40/h10,12-14,16,24,27,36H,5-9,11,15,17-23,25-26H2,1-4H3,(H,46,47). The lowest BCUT2D eigenvalue weighted by Crippen LogP contribution is -2.50. The molecule has 9 nitrogen and oxygen atoms in total. The topological polar surface area (TPSA) is 99.6 Å². The van der Waals surface area contributed by atoms with Crippen LogP contribution in [0.25, 0.3) is 0 Å². The van der Waals surface area contributed by atoms with Crippen LogP contribution in [0.2, 0.25) is 10.0 Å². The van der Waals surface area contributed by atoms with Crippen molar-refractivity contribution >= 4 is 52.4 Å². The van der Waals surface area contributed by atoms with Gasteiger partial charge in [-0.2, -0.15) is 0 Å². The number of carbonyl (C=O) groups is 3. The van der Waals surface area contributed by atoms with Crippen LogP contribution in [0.1, 0.15) is 91.0 Å². The Morgan fingerprint density at radius 3 is 2.45 bits per heavy atom. The number of hydrogen-bond acceptors (Lipinski definition) is 7. The van der Waals surface area contributed by atoms with Crippen molar-refractivity contribution in [2.24, 2.45) is 11.3 Å². The van der Waals surface area contributed by atoms with Crippen LogP contribution >= 0.6 is 23.2 Å². The van der Waals surface area contributed by atoms with E-state index in [4.69, 9.17) is 32.7 Å². The zero-order valence-electron chi connectivity index (χ0n) is 29.5. The molecule has 0 spiro atoms. The van der Waals surface area contributed by atoms with Crippen molar-refractivity contribution < 1.29 is 29.0 Å². The van der Waals surface area contributed by atoms with Crippen LogP contribution < -0.4 is 14.5 Å². The van der Waals surface area contributed by atoms with Crippen LogP contribution in [-0.4, -0.2) is 73.4 Å². The smallest absolute Gasteiger partial charge is 0.367 e. The minimum atomic E-state index is -1.75. The average Bonchev–Trinajstić information content (AvgIpc) is 3.05. The van der Waals surface area contributed by atoms with Gasteiger partial charge in [-0.1, -0.05) is 88.7 Å². The Kier molecular flexibility index (Phi) is 14.5. The SMILES string of the molecule is CCCCCC(C)CC(C)(C)CC(=O)OC(C(=O)O)N1C(=O)CCc2ccc(OCCCCN3CCN(c4cccc(Cl)c4Cl)CC3)cc21. The van der Waals surface area contributed by atoms with Gasteiger partial charge in [0.2, 0.25) is 5.91 Å². The molecule has 11 heteroatoms. The molecule has 0 radical (unpaired) electrons. The Morgan fingerprint density at radius 2 is 1.73 bits per heavy atom. The van der Waals surface area contributed by atoms with Crippen molar-refractivity contribution in [3.8, 4) is 5.75 Å². The maximum atomic E-state index is 13.1. The molecule has 0 aromatic heterocycles. The van der Waals surface area contributed by atoms with E-state index in [1.165, 1.54) is 6.42 Å². The normalized spacial score (nSPS) is 16.7. The summed E-state index contributed by atoms with van der Waals surface area (Å²) in [5.41, 5.74) is 1.84. The van der Waals surface area contributed by atoms with E-state index >= 15 is 0 Å². The van der Waals surface area contributed by atoms with Gasteiger partial charge < -0.3 is 19.5 Å². The van der Waals surface area contributed by atoms with Gasteiger partial charge in [0, 0.05) is 38.7 Å². The maximum Gasteiger partial charge on any atom is 0.367 e. The summed E-state index contributed by atoms with van der Waals surface area (Å²) in [4.78, 5) is 44.5. The lowest BCUT2D eigenvalue weighted by Gasteiger charge is -2.36. The van der Waals surface area contributed by atoms with Crippen molar-refractivity contribution in [3.63, 3.8) is 0 Å². The molecule has 270 valence electrons. The van der Waals surface area contributed by atoms with Gasteiger partial charge >= 0.3 is 11.9 Å². The minimum Gasteiger partial charge on any atom is -0.494 e. The number of fused-ring (bicyclic) bond motifs is 1. The second-order valence-electron chi connectivity index (χ2n) is 14.3. The number of halogens is 2. The lowest BCUT2D eigenvalue weighted by atomic mass is 9.79. The number of aliphatic carboxylic acids is 1. The first-order valence-corrected chi connectivity index (χ1v) is 18.6. The predicted molar refractivity (Wildman–Crippen MR) is 196 cm³/mol. The van der Waals surface area contributed by atoms with Crippen LogP contribution in [0.4, 0.5) is 11.4 Å². The van der Waals surface area contributed by atoms with Crippen molar-refractivity contribution in [1.82, 2.24) is 4.90 Å². The first-order chi connectivity index (χ1) is 23.4. The van der Waals surface area contributed by atoms with Gasteiger partial charge in [-0.25, -0.2) is 4.79 Å². The van der Waals surface area contributed by atoms with Crippen LogP contribution in [0.3, 0.4) is 0 Å². The van der Waals surface area contributed by atoms with E-state index in [1.54, 1.807) is 12.1 Å². The third kappa shape index (κ3) is 11.2. The number of rotatable bonds is 18. The second-order valence-corrected chi connectivity index (χ2v) is 15.1. The molecule has 1 saturated heterocycles. The maximum absolute atomic E-state index is 13.1. The average molecular weight is 719 g/mol. The van der Waals surface area contributed by atoms with Crippen molar-refractivity contribution in [1.29, 1.82) is 0 Å². The molecule has 1 fully saturated rings. The van der Waals surface area contributed by atoms with Gasteiger partial charge in [0.05, 0.1) is 34.4 Å². The Balaban J connectivity index is 1.28. The molecule has 1 N–H and O–H groups in total. The Hall–Kier alpha value is -3.01. The van der Waals surface area contributed by atoms with E-state index in [1.807, 2.05) is 38.1 Å². The number of piperazine rings is 1. The van der Waals surface area contributed by atoms with Crippen molar-refractivity contribution in [2.75, 3.05) is 49.1 Å². The predicted octanol–water partition coefficient (Wildman–Crippen LogP) is 8.23. The first-order valence-electron chi connectivity index (χ1n) is 17.8. The molecule has 0 saturated carbocycles. The highest BCUT2D eigenvalue weighted by Crippen LogP contribution is 2.36. The second kappa shape index (κ2) is 18.3. The number of hydrogen-bond donors (Lipinski definition) is 1. The van der Waals surface area contributed by atoms with Crippen molar-refractivity contribution in [3.05, 3.63) is 52.0 Å². The summed E-state index contributed by atoms with van der Waals surface area (Å²) in [5.74, 6) is -1.43. The third-order valence-corrected chi connectivity index (χ3v) is 10.3. The van der Waals surface area contributed by atoms with Crippen LogP contribution in [0, 0.1) is 11.3 Å². The molecule has 2 aliphatic rings. The first kappa shape index (κ1) is 38.8. The molecule has 49 heavy (non-hydrogen) atoms. The molecule has 2 aromatic rings. The van der Waals surface area contributed by atoms with Gasteiger partial charge in [0.15, 0.2) is 0 Å². The molecule has 0 aliphatic carbocycles. The summed E-state index contributed by atoms with van der Waals surface area (Å²) in [6, 6.07) is 11.1. The van der Waals surface area contributed by atoms with Gasteiger partial charge in [-0.05, 0) is 67.3 Å². The molecular weight excluding hydrogens is 665 g/mol. The highest BCUT2D eigenvalue weighted by molar-refractivity contribution is 6.43. The van der Waals surface area contributed by atoms with Gasteiger partial charge in [-0.15, -0.1) is 0 Å². The summed E-state index contributed by atoms with van der Waals surface area (Å²) < 4.78 is 11.6. The number of carbonyl (C=O) groups excluding carboxylic acids is 2. The highest BCUT2D eigenvalue weighted by atomic mass is 35.5. The number of esters is 1. The minimum absolute atomic E-state index is 0.0683. The zero-order valence-corrected chi connectivity index (χ0v) is 31.0. The van der Waals surface area contributed by atoms with E-state index in [-0.39, 0.29) is 18.3 Å². The monoisotopic (exact) mass is 717 g/mol. The highest BCUT2D eigenvalue weighted by Gasteiger charge is 2.39. The van der Waals surface area contributed by atoms with Gasteiger partial charge in [0.25, 0.3) is 6.23 Å². The number of carboxylic acids is 1. The molecule has 0 bridgehead atoms. The van der Waals surface area contributed by atoms with E-state index in [9.17, 15) is 19.5 Å². The summed E-state index contributed by atoms with van der Waals surface area (Å²) in [5, 5.41) is 11.3. The molecule has 1 amide bonds. The van der Waals surface area contributed by atoms with Gasteiger partial charge in [0.1, 0.15) is 5.75 Å².